The number of carbonyl (C=O) groups is 1. The first-order valence-electron chi connectivity index (χ1n) is 8.87. The summed E-state index contributed by atoms with van der Waals surface area (Å²) in [4.78, 5) is 30.6. The first-order chi connectivity index (χ1) is 13.3. The largest absolute Gasteiger partial charge is 0.454 e. The van der Waals surface area contributed by atoms with E-state index in [1.807, 2.05) is 12.1 Å². The third-order valence-electron chi connectivity index (χ3n) is 5.01. The first kappa shape index (κ1) is 15.9. The van der Waals surface area contributed by atoms with Crippen LogP contribution >= 0.6 is 0 Å². The Morgan fingerprint density at radius 2 is 2.00 bits per heavy atom. The molecule has 4 heterocycles. The van der Waals surface area contributed by atoms with Gasteiger partial charge in [-0.1, -0.05) is 0 Å². The molecular formula is C18H18N6O3. The zero-order chi connectivity index (χ0) is 18.2. The molecule has 1 aromatic carbocycles. The van der Waals surface area contributed by atoms with Crippen molar-refractivity contribution < 1.29 is 14.3 Å². The van der Waals surface area contributed by atoms with Gasteiger partial charge in [0.15, 0.2) is 23.0 Å². The van der Waals surface area contributed by atoms with Crippen LogP contribution in [0.2, 0.25) is 0 Å². The summed E-state index contributed by atoms with van der Waals surface area (Å²) in [6, 6.07) is 5.44. The molecule has 5 rings (SSSR count). The summed E-state index contributed by atoms with van der Waals surface area (Å²) in [6.45, 7) is 1.73. The third kappa shape index (κ3) is 2.90. The maximum atomic E-state index is 12.6. The van der Waals surface area contributed by atoms with Crippen molar-refractivity contribution in [2.75, 3.05) is 30.1 Å². The molecule has 2 aliphatic heterocycles. The van der Waals surface area contributed by atoms with E-state index in [9.17, 15) is 4.79 Å². The standard InChI is InChI=1S/C18H18N6O3/c25-18(23-12-1-2-13-14(7-12)27-10-26-13)11-3-5-24(6-4-11)17-15-16(20-8-19-15)21-9-22-17/h1-2,7-9,11H,3-6,10H2,(H,23,25)(H,19,20,21,22). The minimum Gasteiger partial charge on any atom is -0.454 e. The van der Waals surface area contributed by atoms with Gasteiger partial charge in [-0.05, 0) is 25.0 Å². The van der Waals surface area contributed by atoms with Gasteiger partial charge in [0.2, 0.25) is 12.7 Å². The predicted molar refractivity (Wildman–Crippen MR) is 97.8 cm³/mol. The number of ether oxygens (including phenoxy) is 2. The van der Waals surface area contributed by atoms with E-state index in [-0.39, 0.29) is 18.6 Å². The Bertz CT molecular complexity index is 996. The lowest BCUT2D eigenvalue weighted by Crippen LogP contribution is -2.38. The number of amides is 1. The van der Waals surface area contributed by atoms with Crippen molar-refractivity contribution in [3.63, 3.8) is 0 Å². The summed E-state index contributed by atoms with van der Waals surface area (Å²) in [5.74, 6) is 2.20. The zero-order valence-electron chi connectivity index (χ0n) is 14.5. The number of aromatic amines is 1. The van der Waals surface area contributed by atoms with Crippen molar-refractivity contribution in [3.8, 4) is 11.5 Å². The van der Waals surface area contributed by atoms with E-state index in [4.69, 9.17) is 9.47 Å². The second-order valence-corrected chi connectivity index (χ2v) is 6.62. The molecule has 3 aromatic rings. The van der Waals surface area contributed by atoms with E-state index in [0.29, 0.717) is 17.1 Å². The number of nitrogens with zero attached hydrogens (tertiary/aromatic N) is 4. The van der Waals surface area contributed by atoms with Crippen LogP contribution in [0.25, 0.3) is 11.2 Å². The molecule has 1 amide bonds. The van der Waals surface area contributed by atoms with Crippen molar-refractivity contribution in [1.82, 2.24) is 19.9 Å². The van der Waals surface area contributed by atoms with Gasteiger partial charge in [-0.3, -0.25) is 4.79 Å². The quantitative estimate of drug-likeness (QED) is 0.730. The molecule has 138 valence electrons. The molecule has 0 radical (unpaired) electrons. The van der Waals surface area contributed by atoms with Crippen LogP contribution in [0.4, 0.5) is 11.5 Å². The van der Waals surface area contributed by atoms with Gasteiger partial charge in [0.25, 0.3) is 0 Å². The van der Waals surface area contributed by atoms with Crippen molar-refractivity contribution in [1.29, 1.82) is 0 Å². The monoisotopic (exact) mass is 366 g/mol. The second-order valence-electron chi connectivity index (χ2n) is 6.62. The lowest BCUT2D eigenvalue weighted by molar-refractivity contribution is -0.120. The van der Waals surface area contributed by atoms with Crippen LogP contribution in [-0.4, -0.2) is 45.7 Å². The highest BCUT2D eigenvalue weighted by Crippen LogP contribution is 2.34. The third-order valence-corrected chi connectivity index (χ3v) is 5.01. The van der Waals surface area contributed by atoms with Crippen molar-refractivity contribution in [3.05, 3.63) is 30.9 Å². The molecule has 0 aliphatic carbocycles. The number of hydrogen-bond acceptors (Lipinski definition) is 7. The van der Waals surface area contributed by atoms with E-state index in [2.05, 4.69) is 30.2 Å². The predicted octanol–water partition coefficient (Wildman–Crippen LogP) is 1.94. The van der Waals surface area contributed by atoms with Crippen molar-refractivity contribution in [2.24, 2.45) is 5.92 Å². The normalized spacial score (nSPS) is 16.7. The highest BCUT2D eigenvalue weighted by Gasteiger charge is 2.27. The number of fused-ring (bicyclic) bond motifs is 2. The van der Waals surface area contributed by atoms with Crippen LogP contribution < -0.4 is 19.7 Å². The highest BCUT2D eigenvalue weighted by molar-refractivity contribution is 5.93. The van der Waals surface area contributed by atoms with Gasteiger partial charge >= 0.3 is 0 Å². The average Bonchev–Trinajstić information content (AvgIpc) is 3.36. The Balaban J connectivity index is 1.24. The van der Waals surface area contributed by atoms with Gasteiger partial charge in [-0.15, -0.1) is 0 Å². The highest BCUT2D eigenvalue weighted by atomic mass is 16.7. The van der Waals surface area contributed by atoms with Crippen LogP contribution in [0.15, 0.2) is 30.9 Å². The summed E-state index contributed by atoms with van der Waals surface area (Å²) in [7, 11) is 0. The summed E-state index contributed by atoms with van der Waals surface area (Å²) in [6.07, 6.45) is 4.66. The fourth-order valence-corrected chi connectivity index (χ4v) is 3.56. The number of nitrogens with one attached hydrogen (secondary N) is 2. The smallest absolute Gasteiger partial charge is 0.231 e. The Morgan fingerprint density at radius 1 is 1.15 bits per heavy atom. The molecule has 0 atom stereocenters. The molecule has 1 saturated heterocycles. The van der Waals surface area contributed by atoms with Crippen LogP contribution in [0.5, 0.6) is 11.5 Å². The maximum Gasteiger partial charge on any atom is 0.231 e. The lowest BCUT2D eigenvalue weighted by Gasteiger charge is -2.32. The van der Waals surface area contributed by atoms with E-state index < -0.39 is 0 Å². The van der Waals surface area contributed by atoms with Gasteiger partial charge in [-0.2, -0.15) is 0 Å². The molecular weight excluding hydrogens is 348 g/mol. The SMILES string of the molecule is O=C(Nc1ccc2c(c1)OCO2)C1CCN(c2ncnc3nc[nH]c23)CC1. The number of H-pyrrole nitrogens is 1. The van der Waals surface area contributed by atoms with Crippen LogP contribution in [-0.2, 0) is 4.79 Å². The summed E-state index contributed by atoms with van der Waals surface area (Å²) in [5, 5.41) is 2.99. The summed E-state index contributed by atoms with van der Waals surface area (Å²) >= 11 is 0. The fourth-order valence-electron chi connectivity index (χ4n) is 3.56. The average molecular weight is 366 g/mol. The second kappa shape index (κ2) is 6.42. The number of rotatable bonds is 3. The van der Waals surface area contributed by atoms with Crippen LogP contribution in [0, 0.1) is 5.92 Å². The van der Waals surface area contributed by atoms with Gasteiger partial charge in [0.1, 0.15) is 11.8 Å². The molecule has 9 heteroatoms. The van der Waals surface area contributed by atoms with Crippen LogP contribution in [0.3, 0.4) is 0 Å². The van der Waals surface area contributed by atoms with Gasteiger partial charge < -0.3 is 24.7 Å². The number of aromatic nitrogens is 4. The topological polar surface area (TPSA) is 105 Å². The van der Waals surface area contributed by atoms with E-state index in [1.165, 1.54) is 6.33 Å². The molecule has 2 aromatic heterocycles. The van der Waals surface area contributed by atoms with E-state index in [1.54, 1.807) is 12.4 Å². The van der Waals surface area contributed by atoms with E-state index in [0.717, 1.165) is 43.0 Å². The molecule has 0 bridgehead atoms. The number of benzene rings is 1. The zero-order valence-corrected chi connectivity index (χ0v) is 14.5. The van der Waals surface area contributed by atoms with Gasteiger partial charge in [-0.25, -0.2) is 15.0 Å². The minimum absolute atomic E-state index is 0.0305. The number of piperidine rings is 1. The summed E-state index contributed by atoms with van der Waals surface area (Å²) in [5.41, 5.74) is 2.21. The number of imidazole rings is 1. The first-order valence-corrected chi connectivity index (χ1v) is 8.87. The summed E-state index contributed by atoms with van der Waals surface area (Å²) < 4.78 is 10.7. The van der Waals surface area contributed by atoms with Crippen molar-refractivity contribution in [2.45, 2.75) is 12.8 Å². The Labute approximate surface area is 154 Å². The fraction of sp³-hybridized carbons (Fsp3) is 0.333. The molecule has 0 saturated carbocycles. The van der Waals surface area contributed by atoms with Gasteiger partial charge in [0, 0.05) is 30.8 Å². The molecule has 2 N–H and O–H groups in total. The number of hydrogen-bond donors (Lipinski definition) is 2. The molecule has 27 heavy (non-hydrogen) atoms. The van der Waals surface area contributed by atoms with E-state index >= 15 is 0 Å². The van der Waals surface area contributed by atoms with Crippen molar-refractivity contribution >= 4 is 28.6 Å². The number of carbonyl (C=O) groups excluding carboxylic acids is 1. The Kier molecular flexibility index (Phi) is 3.77. The minimum atomic E-state index is -0.0363. The van der Waals surface area contributed by atoms with Crippen LogP contribution in [0.1, 0.15) is 12.8 Å². The Hall–Kier alpha value is -3.36. The Morgan fingerprint density at radius 3 is 2.89 bits per heavy atom. The lowest BCUT2D eigenvalue weighted by atomic mass is 9.95. The maximum absolute atomic E-state index is 12.6. The van der Waals surface area contributed by atoms with Gasteiger partial charge in [0.05, 0.1) is 6.33 Å². The molecule has 9 nitrogen and oxygen atoms in total. The molecule has 0 unspecified atom stereocenters. The molecule has 0 spiro atoms. The molecule has 2 aliphatic rings. The number of anilines is 2. The molecule has 1 fully saturated rings.